The fraction of sp³-hybridized carbons (Fsp3) is 0.0714. The van der Waals surface area contributed by atoms with Gasteiger partial charge >= 0.3 is 6.18 Å². The maximum atomic E-state index is 13.0. The minimum absolute atomic E-state index is 0.00670. The average Bonchev–Trinajstić information content (AvgIpc) is 2.38. The molecule has 0 spiro atoms. The predicted octanol–water partition coefficient (Wildman–Crippen LogP) is 5.32. The van der Waals surface area contributed by atoms with E-state index in [-0.39, 0.29) is 10.5 Å². The van der Waals surface area contributed by atoms with Gasteiger partial charge in [-0.3, -0.25) is 4.79 Å². The summed E-state index contributed by atoms with van der Waals surface area (Å²) < 4.78 is 39.0. The second-order valence-electron chi connectivity index (χ2n) is 3.93. The average molecular weight is 317 g/mol. The standard InChI is InChI=1S/C14H8ClF3OS/c15-10-2-1-3-11(7-10)20-13-5-4-9(8-19)6-12(13)14(16,17)18/h1-8H. The normalized spacial score (nSPS) is 11.4. The van der Waals surface area contributed by atoms with Crippen molar-refractivity contribution in [3.05, 3.63) is 58.6 Å². The lowest BCUT2D eigenvalue weighted by Gasteiger charge is -2.13. The van der Waals surface area contributed by atoms with E-state index in [1.54, 1.807) is 24.3 Å². The first kappa shape index (κ1) is 14.9. The zero-order valence-corrected chi connectivity index (χ0v) is 11.5. The highest BCUT2D eigenvalue weighted by atomic mass is 35.5. The van der Waals surface area contributed by atoms with E-state index in [1.165, 1.54) is 12.1 Å². The molecule has 0 aromatic heterocycles. The Morgan fingerprint density at radius 2 is 1.85 bits per heavy atom. The van der Waals surface area contributed by atoms with Gasteiger partial charge in [-0.15, -0.1) is 0 Å². The molecule has 0 bridgehead atoms. The van der Waals surface area contributed by atoms with Gasteiger partial charge < -0.3 is 0 Å². The molecule has 0 aliphatic carbocycles. The van der Waals surface area contributed by atoms with E-state index in [0.29, 0.717) is 16.2 Å². The topological polar surface area (TPSA) is 17.1 Å². The smallest absolute Gasteiger partial charge is 0.298 e. The minimum atomic E-state index is -4.51. The molecule has 0 aliphatic rings. The molecule has 0 unspecified atom stereocenters. The molecule has 0 heterocycles. The van der Waals surface area contributed by atoms with Crippen molar-refractivity contribution in [3.63, 3.8) is 0 Å². The van der Waals surface area contributed by atoms with Crippen molar-refractivity contribution >= 4 is 29.6 Å². The van der Waals surface area contributed by atoms with Crippen molar-refractivity contribution in [1.29, 1.82) is 0 Å². The summed E-state index contributed by atoms with van der Waals surface area (Å²) in [7, 11) is 0. The molecule has 2 aromatic rings. The molecule has 0 saturated carbocycles. The van der Waals surface area contributed by atoms with Gasteiger partial charge in [-0.05, 0) is 30.3 Å². The molecule has 20 heavy (non-hydrogen) atoms. The zero-order valence-electron chi connectivity index (χ0n) is 9.95. The van der Waals surface area contributed by atoms with E-state index in [1.807, 2.05) is 0 Å². The third-order valence-electron chi connectivity index (χ3n) is 2.47. The molecule has 2 aromatic carbocycles. The van der Waals surface area contributed by atoms with Gasteiger partial charge in [0.2, 0.25) is 0 Å². The number of alkyl halides is 3. The van der Waals surface area contributed by atoms with Crippen molar-refractivity contribution in [2.24, 2.45) is 0 Å². The summed E-state index contributed by atoms with van der Waals surface area (Å²) in [5.74, 6) is 0. The summed E-state index contributed by atoms with van der Waals surface area (Å²) in [6, 6.07) is 10.1. The van der Waals surface area contributed by atoms with Crippen LogP contribution in [0.2, 0.25) is 5.02 Å². The van der Waals surface area contributed by atoms with Crippen LogP contribution in [-0.4, -0.2) is 6.29 Å². The Morgan fingerprint density at radius 3 is 2.45 bits per heavy atom. The molecular formula is C14H8ClF3OS. The maximum Gasteiger partial charge on any atom is 0.417 e. The van der Waals surface area contributed by atoms with Crippen LogP contribution in [0.4, 0.5) is 13.2 Å². The van der Waals surface area contributed by atoms with Crippen LogP contribution < -0.4 is 0 Å². The molecule has 0 aliphatic heterocycles. The number of rotatable bonds is 3. The Morgan fingerprint density at radius 1 is 1.10 bits per heavy atom. The number of aldehydes is 1. The number of halogens is 4. The van der Waals surface area contributed by atoms with E-state index >= 15 is 0 Å². The van der Waals surface area contributed by atoms with Gasteiger partial charge in [0.25, 0.3) is 0 Å². The third kappa shape index (κ3) is 3.55. The minimum Gasteiger partial charge on any atom is -0.298 e. The van der Waals surface area contributed by atoms with Crippen LogP contribution in [0.25, 0.3) is 0 Å². The lowest BCUT2D eigenvalue weighted by Crippen LogP contribution is -2.07. The molecule has 0 atom stereocenters. The van der Waals surface area contributed by atoms with E-state index in [0.717, 1.165) is 17.8 Å². The quantitative estimate of drug-likeness (QED) is 0.713. The van der Waals surface area contributed by atoms with Gasteiger partial charge in [-0.25, -0.2) is 0 Å². The van der Waals surface area contributed by atoms with Gasteiger partial charge in [0.05, 0.1) is 5.56 Å². The summed E-state index contributed by atoms with van der Waals surface area (Å²) in [4.78, 5) is 11.2. The van der Waals surface area contributed by atoms with Crippen LogP contribution in [0.3, 0.4) is 0 Å². The third-order valence-corrected chi connectivity index (χ3v) is 3.77. The fourth-order valence-electron chi connectivity index (χ4n) is 1.59. The Bertz CT molecular complexity index is 641. The van der Waals surface area contributed by atoms with Gasteiger partial charge in [-0.2, -0.15) is 13.2 Å². The first-order chi connectivity index (χ1) is 9.40. The highest BCUT2D eigenvalue weighted by Gasteiger charge is 2.33. The highest BCUT2D eigenvalue weighted by Crippen LogP contribution is 2.40. The highest BCUT2D eigenvalue weighted by molar-refractivity contribution is 7.99. The van der Waals surface area contributed by atoms with Gasteiger partial charge in [0.15, 0.2) is 0 Å². The molecule has 1 nitrogen and oxygen atoms in total. The fourth-order valence-corrected chi connectivity index (χ4v) is 2.85. The van der Waals surface area contributed by atoms with Crippen LogP contribution in [0.5, 0.6) is 0 Å². The molecule has 0 N–H and O–H groups in total. The predicted molar refractivity (Wildman–Crippen MR) is 72.4 cm³/mol. The number of carbonyl (C=O) groups excluding carboxylic acids is 1. The van der Waals surface area contributed by atoms with Crippen LogP contribution in [0, 0.1) is 0 Å². The van der Waals surface area contributed by atoms with E-state index < -0.39 is 11.7 Å². The second kappa shape index (κ2) is 5.89. The van der Waals surface area contributed by atoms with Crippen LogP contribution in [0.1, 0.15) is 15.9 Å². The van der Waals surface area contributed by atoms with E-state index in [4.69, 9.17) is 11.6 Å². The molecule has 0 amide bonds. The van der Waals surface area contributed by atoms with Crippen molar-refractivity contribution in [3.8, 4) is 0 Å². The monoisotopic (exact) mass is 316 g/mol. The SMILES string of the molecule is O=Cc1ccc(Sc2cccc(Cl)c2)c(C(F)(F)F)c1. The van der Waals surface area contributed by atoms with Crippen LogP contribution >= 0.6 is 23.4 Å². The lowest BCUT2D eigenvalue weighted by atomic mass is 10.1. The summed E-state index contributed by atoms with van der Waals surface area (Å²) in [6.07, 6.45) is -4.12. The molecule has 2 rings (SSSR count). The maximum absolute atomic E-state index is 13.0. The Labute approximate surface area is 122 Å². The van der Waals surface area contributed by atoms with Crippen molar-refractivity contribution in [2.75, 3.05) is 0 Å². The molecular weight excluding hydrogens is 309 g/mol. The number of hydrogen-bond acceptors (Lipinski definition) is 2. The van der Waals surface area contributed by atoms with Gasteiger partial charge in [0, 0.05) is 20.4 Å². The Balaban J connectivity index is 2.43. The Hall–Kier alpha value is -1.46. The van der Waals surface area contributed by atoms with Crippen molar-refractivity contribution < 1.29 is 18.0 Å². The largest absolute Gasteiger partial charge is 0.417 e. The molecule has 0 saturated heterocycles. The zero-order chi connectivity index (χ0) is 14.8. The lowest BCUT2D eigenvalue weighted by molar-refractivity contribution is -0.139. The first-order valence-corrected chi connectivity index (χ1v) is 6.69. The van der Waals surface area contributed by atoms with Crippen molar-refractivity contribution in [1.82, 2.24) is 0 Å². The second-order valence-corrected chi connectivity index (χ2v) is 5.48. The molecule has 104 valence electrons. The summed E-state index contributed by atoms with van der Waals surface area (Å²) >= 11 is 6.76. The van der Waals surface area contributed by atoms with Crippen LogP contribution in [-0.2, 0) is 6.18 Å². The number of benzene rings is 2. The molecule has 0 radical (unpaired) electrons. The first-order valence-electron chi connectivity index (χ1n) is 5.50. The Kier molecular flexibility index (Phi) is 4.40. The van der Waals surface area contributed by atoms with Crippen LogP contribution in [0.15, 0.2) is 52.3 Å². The van der Waals surface area contributed by atoms with Gasteiger partial charge in [0.1, 0.15) is 6.29 Å². The molecule has 6 heteroatoms. The van der Waals surface area contributed by atoms with Crippen molar-refractivity contribution in [2.45, 2.75) is 16.0 Å². The number of hydrogen-bond donors (Lipinski definition) is 0. The molecule has 0 fully saturated rings. The summed E-state index contributed by atoms with van der Waals surface area (Å²) in [5, 5.41) is 0.452. The summed E-state index contributed by atoms with van der Waals surface area (Å²) in [6.45, 7) is 0. The van der Waals surface area contributed by atoms with E-state index in [2.05, 4.69) is 0 Å². The van der Waals surface area contributed by atoms with E-state index in [9.17, 15) is 18.0 Å². The van der Waals surface area contributed by atoms with Gasteiger partial charge in [-0.1, -0.05) is 35.5 Å². The summed E-state index contributed by atoms with van der Waals surface area (Å²) in [5.41, 5.74) is -0.833. The number of carbonyl (C=O) groups is 1.